The number of nitrogens with zero attached hydrogens (tertiary/aromatic N) is 27. The molecule has 19 aromatic rings. The van der Waals surface area contributed by atoms with Crippen LogP contribution in [0.15, 0.2) is 160 Å². The zero-order chi connectivity index (χ0) is 100. The highest BCUT2D eigenvalue weighted by Crippen LogP contribution is 2.44. The van der Waals surface area contributed by atoms with Gasteiger partial charge in [0, 0.05) is 286 Å². The number of amides is 1. The molecule has 1 amide bonds. The van der Waals surface area contributed by atoms with E-state index in [9.17, 15) is 9.90 Å². The number of fused-ring (bicyclic) bond motifs is 15. The van der Waals surface area contributed by atoms with E-state index in [1.807, 2.05) is 126 Å². The molecule has 0 spiro atoms. The molecule has 0 bridgehead atoms. The molecule has 19 aromatic heterocycles. The molecule has 0 saturated heterocycles. The normalized spacial score (nSPS) is 16.7. The van der Waals surface area contributed by atoms with Crippen molar-refractivity contribution in [3.63, 3.8) is 0 Å². The van der Waals surface area contributed by atoms with Crippen molar-refractivity contribution in [1.29, 1.82) is 0 Å². The monoisotopic (exact) mass is 1960 g/mol. The first-order chi connectivity index (χ1) is 71.4. The van der Waals surface area contributed by atoms with Crippen molar-refractivity contribution in [2.24, 2.45) is 0 Å². The van der Waals surface area contributed by atoms with Gasteiger partial charge in [-0.05, 0) is 158 Å². The smallest absolute Gasteiger partial charge is 0.244 e. The van der Waals surface area contributed by atoms with Crippen molar-refractivity contribution in [2.75, 3.05) is 93.4 Å². The molecule has 26 heterocycles. The highest BCUT2D eigenvalue weighted by atomic mass is 16.3. The number of hydrogen-bond donors (Lipinski definition) is 12. The van der Waals surface area contributed by atoms with Gasteiger partial charge in [-0.2, -0.15) is 20.4 Å². The number of rotatable bonds is 12. The van der Waals surface area contributed by atoms with E-state index in [4.69, 9.17) is 63.2 Å². The molecule has 0 saturated carbocycles. The summed E-state index contributed by atoms with van der Waals surface area (Å²) in [6, 6.07) is 24.3. The van der Waals surface area contributed by atoms with Crippen LogP contribution in [-0.4, -0.2) is 183 Å². The lowest BCUT2D eigenvalue weighted by Crippen LogP contribution is -2.29. The molecule has 0 radical (unpaired) electrons. The maximum absolute atomic E-state index is 12.2. The second-order valence-electron chi connectivity index (χ2n) is 39.5. The molecule has 27 rings (SSSR count). The van der Waals surface area contributed by atoms with Crippen molar-refractivity contribution in [3.05, 3.63) is 250 Å². The Labute approximate surface area is 844 Å². The first-order valence-corrected chi connectivity index (χ1v) is 50.2. The van der Waals surface area contributed by atoms with E-state index in [-0.39, 0.29) is 18.6 Å². The summed E-state index contributed by atoms with van der Waals surface area (Å²) in [5, 5.41) is 60.0. The first-order valence-electron chi connectivity index (χ1n) is 50.2. The lowest BCUT2D eigenvalue weighted by Gasteiger charge is -2.25. The standard InChI is InChI=1S/2C27H28N10.C27H27N9O.C26H29N9O/c2*1-15-3-5-30-26-16(2)19(12-32-25(15)26)21-9-17-10-22(31-13-20(17)27(28)33-21)34-23-11-18-4-7-36-8-6-29-24(36)14-37(18)35-23;1-15-19-11-18(37)2-3-22(19)30-12-20(15)23-8-16-9-24(31-13-21(16)27(28)32-23)33-25-10-17-4-6-35-7-5-29-26(35)14-36(17)34-25;1-14-4-6-28-25-15(2)18(11-30-24(14)25)20-8-16-9-21(29-12-19(16)26(27)31-20)32-22-10-17-5-7-34(3)23(36)13-35(17)33-22/h2*6,8-13,15,30H,3-5,7,14H2,1-2H3,(H2,28,33)(H,31,34,35);5,7-10,12-13,18,37H,2-4,6,11,14H2,1H3,(H2,28,32)(H,31,33,34);8-12,14,28H,4-7,13H2,1-3H3,(H2,27,31)(H,29,32,33)/t2*15-;18-;14-/m1000/s1. The van der Waals surface area contributed by atoms with Gasteiger partial charge in [0.2, 0.25) is 5.91 Å². The molecule has 40 heteroatoms. The number of anilines is 15. The van der Waals surface area contributed by atoms with Crippen molar-refractivity contribution in [1.82, 2.24) is 132 Å². The molecule has 16 N–H and O–H groups in total. The van der Waals surface area contributed by atoms with Crippen LogP contribution in [-0.2, 0) is 89.1 Å². The van der Waals surface area contributed by atoms with E-state index in [0.29, 0.717) is 103 Å². The summed E-state index contributed by atoms with van der Waals surface area (Å²) in [5.41, 5.74) is 50.4. The number of nitrogens with one attached hydrogen (secondary N) is 7. The minimum atomic E-state index is -0.322. The molecular formula is C107H112N38O2. The van der Waals surface area contributed by atoms with E-state index >= 15 is 0 Å². The number of nitrogen functional groups attached to an aromatic ring is 4. The Kier molecular flexibility index (Phi) is 23.6. The maximum Gasteiger partial charge on any atom is 0.244 e. The molecule has 1 aliphatic carbocycles. The van der Waals surface area contributed by atoms with Gasteiger partial charge in [-0.15, -0.1) is 0 Å². The zero-order valence-corrected chi connectivity index (χ0v) is 82.9. The second kappa shape index (κ2) is 37.7. The van der Waals surface area contributed by atoms with Gasteiger partial charge >= 0.3 is 0 Å². The van der Waals surface area contributed by atoms with Gasteiger partial charge in [0.15, 0.2) is 23.3 Å². The Morgan fingerprint density at radius 3 is 1.01 bits per heavy atom. The Morgan fingerprint density at radius 1 is 0.354 bits per heavy atom. The Balaban J connectivity index is 0.000000105. The molecule has 742 valence electrons. The highest BCUT2D eigenvalue weighted by Gasteiger charge is 2.31. The third kappa shape index (κ3) is 17.9. The van der Waals surface area contributed by atoms with Crippen molar-refractivity contribution in [2.45, 2.75) is 182 Å². The lowest BCUT2D eigenvalue weighted by atomic mass is 9.88. The molecule has 7 aliphatic heterocycles. The van der Waals surface area contributed by atoms with Crippen LogP contribution in [0.5, 0.6) is 0 Å². The Hall–Kier alpha value is -17.5. The van der Waals surface area contributed by atoms with Crippen LogP contribution in [0.25, 0.3) is 88.1 Å². The molecule has 8 aliphatic rings. The number of aromatic nitrogens is 26. The van der Waals surface area contributed by atoms with Gasteiger partial charge in [-0.1, -0.05) is 20.8 Å². The Morgan fingerprint density at radius 2 is 0.667 bits per heavy atom. The molecule has 0 aromatic carbocycles. The SMILES string of the molecule is Cc1c(-c2cc3cc(Nc4cc5n(n4)CC(=O)N(C)CC5)ncc3c(N)n2)cnc2c1NCC[C@@H]2C.Cc1c(-c2cc3cc(Nc4cc5n(n4)Cc4nccn4CC5)ncc3c(N)n2)cnc2c1C[C@@H](O)CC2.Cc1c(-c2cc3cc(Nc4cc5n(n4)Cc4nccn4CC5)ncc3c(N)n2)cnc2c1NCC[C@@H]2C.Cc1c(-c2cc3cc(Nc4cc5n(n4)Cc4nccn4CC5)ncc3c(N)n2)cnc2c1NCC[C@H]2C. The van der Waals surface area contributed by atoms with E-state index in [1.165, 1.54) is 11.4 Å². The third-order valence-corrected chi connectivity index (χ3v) is 29.9. The van der Waals surface area contributed by atoms with Crippen LogP contribution in [0.4, 0.5) is 86.9 Å². The quantitative estimate of drug-likeness (QED) is 0.0540. The van der Waals surface area contributed by atoms with Gasteiger partial charge in [0.25, 0.3) is 0 Å². The van der Waals surface area contributed by atoms with Crippen LogP contribution in [0.2, 0.25) is 0 Å². The van der Waals surface area contributed by atoms with Gasteiger partial charge in [0.05, 0.1) is 82.7 Å². The van der Waals surface area contributed by atoms with Gasteiger partial charge in [-0.25, -0.2) is 54.8 Å². The predicted molar refractivity (Wildman–Crippen MR) is 569 cm³/mol. The van der Waals surface area contributed by atoms with Crippen LogP contribution in [0.1, 0.15) is 155 Å². The number of hydrogen-bond acceptors (Lipinski definition) is 32. The van der Waals surface area contributed by atoms with Crippen molar-refractivity contribution < 1.29 is 9.90 Å². The largest absolute Gasteiger partial charge is 0.393 e. The summed E-state index contributed by atoms with van der Waals surface area (Å²) in [6.07, 6.45) is 34.8. The van der Waals surface area contributed by atoms with E-state index < -0.39 is 0 Å². The van der Waals surface area contributed by atoms with Crippen LogP contribution in [0.3, 0.4) is 0 Å². The van der Waals surface area contributed by atoms with Gasteiger partial charge < -0.3 is 83.9 Å². The fraction of sp³-hybridized carbons (Fsp3) is 0.308. The fourth-order valence-corrected chi connectivity index (χ4v) is 21.5. The molecular weight excluding hydrogens is 1850 g/mol. The van der Waals surface area contributed by atoms with Crippen molar-refractivity contribution >= 4 is 136 Å². The minimum Gasteiger partial charge on any atom is -0.393 e. The summed E-state index contributed by atoms with van der Waals surface area (Å²) in [4.78, 5) is 83.3. The molecule has 0 unspecified atom stereocenters. The van der Waals surface area contributed by atoms with Crippen LogP contribution < -0.4 is 60.2 Å². The summed E-state index contributed by atoms with van der Waals surface area (Å²) in [7, 11) is 1.82. The summed E-state index contributed by atoms with van der Waals surface area (Å²) >= 11 is 0. The number of nitrogens with two attached hydrogens (primary N) is 4. The number of carbonyl (C=O) groups excluding carboxylic acids is 1. The average Bonchev–Trinajstić information content (AvgIpc) is 1.23. The Bertz CT molecular complexity index is 8200. The van der Waals surface area contributed by atoms with Gasteiger partial charge in [-0.3, -0.25) is 43.5 Å². The number of aliphatic hydroxyl groups is 1. The molecule has 40 nitrogen and oxygen atoms in total. The number of aryl methyl sites for hydroxylation is 7. The summed E-state index contributed by atoms with van der Waals surface area (Å²) in [6.45, 7) is 23.5. The number of pyridine rings is 12. The summed E-state index contributed by atoms with van der Waals surface area (Å²) < 4.78 is 14.3. The average molecular weight is 1960 g/mol. The first kappa shape index (κ1) is 92.0. The van der Waals surface area contributed by atoms with Crippen LogP contribution in [0, 0.1) is 27.7 Å². The second-order valence-corrected chi connectivity index (χ2v) is 39.5. The van der Waals surface area contributed by atoms with E-state index in [2.05, 4.69) is 185 Å². The number of carbonyl (C=O) groups is 1. The topological polar surface area (TPSA) is 508 Å². The number of aliphatic hydroxyl groups excluding tert-OH is 1. The van der Waals surface area contributed by atoms with Crippen molar-refractivity contribution in [3.8, 4) is 45.0 Å². The molecule has 147 heavy (non-hydrogen) atoms. The van der Waals surface area contributed by atoms with Crippen LogP contribution >= 0.6 is 0 Å². The number of imidazole rings is 3. The van der Waals surface area contributed by atoms with Gasteiger partial charge in [0.1, 0.15) is 70.6 Å². The lowest BCUT2D eigenvalue weighted by molar-refractivity contribution is -0.130. The maximum atomic E-state index is 12.2. The number of likely N-dealkylation sites (N-methyl/N-ethyl adjacent to an activating group) is 1. The molecule has 4 atom stereocenters. The third-order valence-electron chi connectivity index (χ3n) is 29.9. The predicted octanol–water partition coefficient (Wildman–Crippen LogP) is 15.1. The summed E-state index contributed by atoms with van der Waals surface area (Å²) in [5.74, 6) is 11.8. The minimum absolute atomic E-state index is 0.0550. The zero-order valence-electron chi connectivity index (χ0n) is 82.9. The molecule has 0 fully saturated rings. The van der Waals surface area contributed by atoms with E-state index in [0.717, 1.165) is 299 Å². The highest BCUT2D eigenvalue weighted by molar-refractivity contribution is 5.99. The fourth-order valence-electron chi connectivity index (χ4n) is 21.5. The van der Waals surface area contributed by atoms with E-state index in [1.54, 1.807) is 34.4 Å².